The fraction of sp³-hybridized carbons (Fsp3) is 0.364. The van der Waals surface area contributed by atoms with Gasteiger partial charge in [-0.25, -0.2) is 0 Å². The molecule has 0 saturated carbocycles. The summed E-state index contributed by atoms with van der Waals surface area (Å²) in [6.07, 6.45) is 1.15. The molecule has 0 heterocycles. The van der Waals surface area contributed by atoms with E-state index in [2.05, 4.69) is 20.7 Å². The van der Waals surface area contributed by atoms with Crippen LogP contribution < -0.4 is 0 Å². The van der Waals surface area contributed by atoms with Gasteiger partial charge in [0, 0.05) is 10.4 Å². The molecule has 0 unspecified atom stereocenters. The topological polar surface area (TPSA) is 26.3 Å². The first-order valence-electron chi connectivity index (χ1n) is 4.57. The van der Waals surface area contributed by atoms with Gasteiger partial charge in [0.05, 0.1) is 13.5 Å². The molecule has 0 N–H and O–H groups in total. The van der Waals surface area contributed by atoms with Crippen molar-refractivity contribution in [3.8, 4) is 0 Å². The number of hydrogen-bond donors (Lipinski definition) is 0. The molecule has 0 fully saturated rings. The second-order valence-corrected chi connectivity index (χ2v) is 4.32. The fourth-order valence-electron chi connectivity index (χ4n) is 1.24. The van der Waals surface area contributed by atoms with Crippen LogP contribution in [0.15, 0.2) is 18.2 Å². The van der Waals surface area contributed by atoms with Crippen molar-refractivity contribution in [1.82, 2.24) is 0 Å². The minimum atomic E-state index is -0.251. The number of carbonyl (C=O) groups excluding carboxylic acids is 1. The van der Waals surface area contributed by atoms with Crippen LogP contribution in [0.25, 0.3) is 0 Å². The second kappa shape index (κ2) is 6.13. The molecule has 1 rings (SSSR count). The first-order valence-corrected chi connectivity index (χ1v) is 6.07. The Kier molecular flexibility index (Phi) is 5.12. The minimum absolute atomic E-state index is 0.251. The van der Waals surface area contributed by atoms with Crippen molar-refractivity contribution in [3.63, 3.8) is 0 Å². The van der Waals surface area contributed by atoms with Crippen molar-refractivity contribution in [2.45, 2.75) is 12.8 Å². The number of carbonyl (C=O) groups is 1. The predicted octanol–water partition coefficient (Wildman–Crippen LogP) is 2.99. The van der Waals surface area contributed by atoms with Gasteiger partial charge in [-0.15, -0.1) is 0 Å². The summed E-state index contributed by atoms with van der Waals surface area (Å²) in [5.74, 6) is -0.251. The summed E-state index contributed by atoms with van der Waals surface area (Å²) < 4.78 is 4.58. The highest BCUT2D eigenvalue weighted by Crippen LogP contribution is 2.19. The van der Waals surface area contributed by atoms with Gasteiger partial charge < -0.3 is 4.74 Å². The molecule has 1 aromatic rings. The van der Waals surface area contributed by atoms with E-state index in [0.717, 1.165) is 22.9 Å². The summed E-state index contributed by atoms with van der Waals surface area (Å²) in [5.41, 5.74) is 1.97. The molecule has 1 aromatic carbocycles. The predicted molar refractivity (Wildman–Crippen MR) is 64.7 cm³/mol. The average molecular weight is 292 g/mol. The number of hydrogen-bond acceptors (Lipinski definition) is 2. The lowest BCUT2D eigenvalue weighted by Crippen LogP contribution is -2.04. The summed E-state index contributed by atoms with van der Waals surface area (Å²) in [6, 6.07) is 5.67. The molecule has 0 saturated heterocycles. The minimum Gasteiger partial charge on any atom is -0.469 e. The largest absolute Gasteiger partial charge is 0.469 e. The lowest BCUT2D eigenvalue weighted by Gasteiger charge is -2.05. The van der Waals surface area contributed by atoms with E-state index in [1.165, 1.54) is 7.11 Å². The van der Waals surface area contributed by atoms with Gasteiger partial charge in [-0.3, -0.25) is 4.79 Å². The van der Waals surface area contributed by atoms with Gasteiger partial charge in [-0.2, -0.15) is 0 Å². The van der Waals surface area contributed by atoms with Gasteiger partial charge in [0.2, 0.25) is 0 Å². The highest BCUT2D eigenvalue weighted by molar-refractivity contribution is 9.09. The van der Waals surface area contributed by atoms with Crippen molar-refractivity contribution >= 4 is 33.5 Å². The number of rotatable bonds is 4. The standard InChI is InChI=1S/C11H12BrClO2/c1-15-11(14)7-8-2-3-9(4-5-12)10(13)6-8/h2-3,6H,4-5,7H2,1H3. The molecule has 0 aliphatic heterocycles. The summed E-state index contributed by atoms with van der Waals surface area (Å²) in [5, 5.41) is 1.58. The van der Waals surface area contributed by atoms with E-state index < -0.39 is 0 Å². The van der Waals surface area contributed by atoms with Crippen molar-refractivity contribution in [2.24, 2.45) is 0 Å². The van der Waals surface area contributed by atoms with Gasteiger partial charge in [-0.1, -0.05) is 39.7 Å². The van der Waals surface area contributed by atoms with Crippen LogP contribution in [-0.2, 0) is 22.4 Å². The summed E-state index contributed by atoms with van der Waals surface area (Å²) in [7, 11) is 1.38. The van der Waals surface area contributed by atoms with Crippen molar-refractivity contribution in [3.05, 3.63) is 34.3 Å². The zero-order valence-electron chi connectivity index (χ0n) is 8.43. The molecule has 0 bridgehead atoms. The van der Waals surface area contributed by atoms with Crippen LogP contribution in [0.3, 0.4) is 0 Å². The maximum Gasteiger partial charge on any atom is 0.309 e. The summed E-state index contributed by atoms with van der Waals surface area (Å²) in [4.78, 5) is 11.0. The van der Waals surface area contributed by atoms with E-state index in [4.69, 9.17) is 11.6 Å². The van der Waals surface area contributed by atoms with Gasteiger partial charge in [-0.05, 0) is 23.6 Å². The second-order valence-electron chi connectivity index (χ2n) is 3.12. The summed E-state index contributed by atoms with van der Waals surface area (Å²) >= 11 is 9.42. The average Bonchev–Trinajstić information content (AvgIpc) is 2.22. The van der Waals surface area contributed by atoms with E-state index in [9.17, 15) is 4.79 Å². The van der Waals surface area contributed by atoms with E-state index in [0.29, 0.717) is 5.02 Å². The van der Waals surface area contributed by atoms with Gasteiger partial charge in [0.1, 0.15) is 0 Å². The Morgan fingerprint density at radius 2 is 2.27 bits per heavy atom. The van der Waals surface area contributed by atoms with E-state index in [1.54, 1.807) is 0 Å². The Balaban J connectivity index is 2.77. The van der Waals surface area contributed by atoms with Gasteiger partial charge in [0.25, 0.3) is 0 Å². The molecule has 82 valence electrons. The third kappa shape index (κ3) is 3.84. The molecular weight excluding hydrogens is 279 g/mol. The maximum atomic E-state index is 11.0. The number of methoxy groups -OCH3 is 1. The number of ether oxygens (including phenoxy) is 1. The number of esters is 1. The Hall–Kier alpha value is -0.540. The Morgan fingerprint density at radius 3 is 2.80 bits per heavy atom. The number of aryl methyl sites for hydroxylation is 1. The molecule has 0 spiro atoms. The molecular formula is C11H12BrClO2. The van der Waals surface area contributed by atoms with Crippen molar-refractivity contribution < 1.29 is 9.53 Å². The first-order chi connectivity index (χ1) is 7.17. The number of benzene rings is 1. The van der Waals surface area contributed by atoms with Crippen LogP contribution in [0.1, 0.15) is 11.1 Å². The van der Waals surface area contributed by atoms with Crippen molar-refractivity contribution in [1.29, 1.82) is 0 Å². The Labute approximate surface area is 103 Å². The highest BCUT2D eigenvalue weighted by atomic mass is 79.9. The fourth-order valence-corrected chi connectivity index (χ4v) is 1.97. The molecule has 0 aliphatic rings. The van der Waals surface area contributed by atoms with E-state index in [-0.39, 0.29) is 12.4 Å². The Morgan fingerprint density at radius 1 is 1.53 bits per heavy atom. The normalized spacial score (nSPS) is 10.1. The van der Waals surface area contributed by atoms with E-state index >= 15 is 0 Å². The van der Waals surface area contributed by atoms with Crippen LogP contribution >= 0.6 is 27.5 Å². The van der Waals surface area contributed by atoms with E-state index in [1.807, 2.05) is 18.2 Å². The van der Waals surface area contributed by atoms with Crippen LogP contribution in [-0.4, -0.2) is 18.4 Å². The van der Waals surface area contributed by atoms with Crippen LogP contribution in [0.4, 0.5) is 0 Å². The number of halogens is 2. The lowest BCUT2D eigenvalue weighted by atomic mass is 10.1. The smallest absolute Gasteiger partial charge is 0.309 e. The van der Waals surface area contributed by atoms with Crippen molar-refractivity contribution in [2.75, 3.05) is 12.4 Å². The van der Waals surface area contributed by atoms with Crippen LogP contribution in [0.2, 0.25) is 5.02 Å². The third-order valence-electron chi connectivity index (χ3n) is 2.06. The highest BCUT2D eigenvalue weighted by Gasteiger charge is 2.05. The monoisotopic (exact) mass is 290 g/mol. The van der Waals surface area contributed by atoms with Gasteiger partial charge in [0.15, 0.2) is 0 Å². The molecule has 0 aliphatic carbocycles. The SMILES string of the molecule is COC(=O)Cc1ccc(CCBr)c(Cl)c1. The maximum absolute atomic E-state index is 11.0. The molecule has 2 nitrogen and oxygen atoms in total. The molecule has 0 atom stereocenters. The molecule has 0 aromatic heterocycles. The van der Waals surface area contributed by atoms with Gasteiger partial charge >= 0.3 is 5.97 Å². The molecule has 4 heteroatoms. The van der Waals surface area contributed by atoms with Crippen LogP contribution in [0, 0.1) is 0 Å². The number of alkyl halides is 1. The zero-order chi connectivity index (χ0) is 11.3. The molecule has 0 radical (unpaired) electrons. The quantitative estimate of drug-likeness (QED) is 0.630. The van der Waals surface area contributed by atoms with Crippen LogP contribution in [0.5, 0.6) is 0 Å². The molecule has 15 heavy (non-hydrogen) atoms. The molecule has 0 amide bonds. The Bertz CT molecular complexity index is 352. The summed E-state index contributed by atoms with van der Waals surface area (Å²) in [6.45, 7) is 0. The first kappa shape index (κ1) is 12.5. The lowest BCUT2D eigenvalue weighted by molar-refractivity contribution is -0.139. The third-order valence-corrected chi connectivity index (χ3v) is 2.81. The zero-order valence-corrected chi connectivity index (χ0v) is 10.8.